The number of nitrogens with one attached hydrogen (secondary N) is 2. The van der Waals surface area contributed by atoms with Crippen molar-refractivity contribution in [3.05, 3.63) is 23.8 Å². The number of nitrogens with zero attached hydrogens (tertiary/aromatic N) is 2. The molecule has 2 amide bonds. The van der Waals surface area contributed by atoms with Crippen molar-refractivity contribution in [2.24, 2.45) is 5.92 Å². The highest BCUT2D eigenvalue weighted by Crippen LogP contribution is 2.37. The zero-order chi connectivity index (χ0) is 21.6. The van der Waals surface area contributed by atoms with Gasteiger partial charge in [-0.15, -0.1) is 0 Å². The zero-order valence-electron chi connectivity index (χ0n) is 17.4. The molecule has 2 saturated heterocycles. The molecule has 9 heteroatoms. The number of carbonyl (C=O) groups is 1. The van der Waals surface area contributed by atoms with E-state index in [0.29, 0.717) is 44.5 Å². The van der Waals surface area contributed by atoms with E-state index in [-0.39, 0.29) is 5.69 Å². The molecule has 1 aromatic carbocycles. The molecule has 2 N–H and O–H groups in total. The first kappa shape index (κ1) is 22.7. The van der Waals surface area contributed by atoms with E-state index in [9.17, 15) is 18.0 Å². The van der Waals surface area contributed by atoms with Crippen LogP contribution in [0.15, 0.2) is 18.2 Å². The summed E-state index contributed by atoms with van der Waals surface area (Å²) in [5.41, 5.74) is -0.584. The molecule has 0 bridgehead atoms. The van der Waals surface area contributed by atoms with Gasteiger partial charge in [0, 0.05) is 25.3 Å². The average Bonchev–Trinajstić information content (AvgIpc) is 2.73. The van der Waals surface area contributed by atoms with Crippen molar-refractivity contribution in [3.63, 3.8) is 0 Å². The lowest BCUT2D eigenvalue weighted by Crippen LogP contribution is -2.40. The third kappa shape index (κ3) is 6.25. The van der Waals surface area contributed by atoms with Gasteiger partial charge in [-0.1, -0.05) is 6.92 Å². The standard InChI is InChI=1S/C21H31F3N4O2/c1-2-7-27-8-5-16(6-9-27)15-25-20(29)26-19-4-3-17(14-18(19)21(22,23)24)28-10-12-30-13-11-28/h3-4,14,16H,2,5-13,15H2,1H3,(H2,25,26,29). The number of benzene rings is 1. The SMILES string of the molecule is CCCN1CCC(CNC(=O)Nc2ccc(N3CCOCC3)cc2C(F)(F)F)CC1. The number of carbonyl (C=O) groups excluding carboxylic acids is 1. The van der Waals surface area contributed by atoms with Crippen LogP contribution >= 0.6 is 0 Å². The number of rotatable bonds is 6. The van der Waals surface area contributed by atoms with Crippen LogP contribution in [0.5, 0.6) is 0 Å². The van der Waals surface area contributed by atoms with Crippen LogP contribution in [-0.2, 0) is 10.9 Å². The maximum absolute atomic E-state index is 13.6. The minimum Gasteiger partial charge on any atom is -0.378 e. The minimum absolute atomic E-state index is 0.227. The molecule has 0 spiro atoms. The first-order chi connectivity index (χ1) is 14.4. The first-order valence-electron chi connectivity index (χ1n) is 10.7. The molecule has 2 fully saturated rings. The lowest BCUT2D eigenvalue weighted by atomic mass is 9.97. The lowest BCUT2D eigenvalue weighted by molar-refractivity contribution is -0.136. The summed E-state index contributed by atoms with van der Waals surface area (Å²) in [6.07, 6.45) is -1.46. The van der Waals surface area contributed by atoms with Crippen LogP contribution in [0.1, 0.15) is 31.7 Å². The molecule has 168 valence electrons. The molecule has 2 heterocycles. The van der Waals surface area contributed by atoms with Gasteiger partial charge in [0.15, 0.2) is 0 Å². The van der Waals surface area contributed by atoms with Crippen molar-refractivity contribution >= 4 is 17.4 Å². The second-order valence-electron chi connectivity index (χ2n) is 7.95. The van der Waals surface area contributed by atoms with Crippen LogP contribution in [-0.4, -0.2) is 63.4 Å². The summed E-state index contributed by atoms with van der Waals surface area (Å²) in [6.45, 7) is 7.78. The number of anilines is 2. The van der Waals surface area contributed by atoms with Crippen LogP contribution in [0.4, 0.5) is 29.3 Å². The van der Waals surface area contributed by atoms with Crippen molar-refractivity contribution in [3.8, 4) is 0 Å². The third-order valence-corrected chi connectivity index (χ3v) is 5.73. The number of alkyl halides is 3. The Morgan fingerprint density at radius 1 is 1.17 bits per heavy atom. The van der Waals surface area contributed by atoms with E-state index in [1.54, 1.807) is 6.07 Å². The summed E-state index contributed by atoms with van der Waals surface area (Å²) in [6, 6.07) is 3.44. The summed E-state index contributed by atoms with van der Waals surface area (Å²) >= 11 is 0. The summed E-state index contributed by atoms with van der Waals surface area (Å²) < 4.78 is 46.1. The number of morpholine rings is 1. The van der Waals surface area contributed by atoms with Crippen molar-refractivity contribution < 1.29 is 22.7 Å². The molecule has 1 aromatic rings. The smallest absolute Gasteiger partial charge is 0.378 e. The number of urea groups is 1. The maximum Gasteiger partial charge on any atom is 0.418 e. The van der Waals surface area contributed by atoms with Crippen molar-refractivity contribution in [1.29, 1.82) is 0 Å². The summed E-state index contributed by atoms with van der Waals surface area (Å²) in [4.78, 5) is 16.5. The van der Waals surface area contributed by atoms with Crippen LogP contribution < -0.4 is 15.5 Å². The molecule has 3 rings (SSSR count). The Morgan fingerprint density at radius 2 is 1.87 bits per heavy atom. The van der Waals surface area contributed by atoms with E-state index in [1.807, 2.05) is 4.90 Å². The molecule has 0 atom stereocenters. The van der Waals surface area contributed by atoms with E-state index in [1.165, 1.54) is 6.07 Å². The number of ether oxygens (including phenoxy) is 1. The molecule has 2 aliphatic heterocycles. The van der Waals surface area contributed by atoms with Crippen molar-refractivity contribution in [2.75, 3.05) is 62.7 Å². The van der Waals surface area contributed by atoms with Crippen LogP contribution in [0, 0.1) is 5.92 Å². The fourth-order valence-electron chi connectivity index (χ4n) is 4.03. The van der Waals surface area contributed by atoms with Crippen LogP contribution in [0.2, 0.25) is 0 Å². The monoisotopic (exact) mass is 428 g/mol. The zero-order valence-corrected chi connectivity index (χ0v) is 17.4. The highest BCUT2D eigenvalue weighted by Gasteiger charge is 2.35. The predicted octanol–water partition coefficient (Wildman–Crippen LogP) is 3.79. The molecule has 0 aliphatic carbocycles. The summed E-state index contributed by atoms with van der Waals surface area (Å²) in [5.74, 6) is 0.356. The van der Waals surface area contributed by atoms with E-state index < -0.39 is 17.8 Å². The minimum atomic E-state index is -4.56. The Labute approximate surface area is 175 Å². The fourth-order valence-corrected chi connectivity index (χ4v) is 4.03. The van der Waals surface area contributed by atoms with E-state index in [2.05, 4.69) is 22.5 Å². The fraction of sp³-hybridized carbons (Fsp3) is 0.667. The number of amides is 2. The summed E-state index contributed by atoms with van der Waals surface area (Å²) in [5, 5.41) is 5.13. The second-order valence-corrected chi connectivity index (χ2v) is 7.95. The van der Waals surface area contributed by atoms with E-state index in [0.717, 1.165) is 45.0 Å². The Bertz CT molecular complexity index is 700. The number of hydrogen-bond acceptors (Lipinski definition) is 4. The topological polar surface area (TPSA) is 56.8 Å². The second kappa shape index (κ2) is 10.3. The van der Waals surface area contributed by atoms with E-state index >= 15 is 0 Å². The van der Waals surface area contributed by atoms with Gasteiger partial charge in [-0.05, 0) is 63.0 Å². The Morgan fingerprint density at radius 3 is 2.50 bits per heavy atom. The van der Waals surface area contributed by atoms with Gasteiger partial charge < -0.3 is 25.2 Å². The predicted molar refractivity (Wildman–Crippen MR) is 111 cm³/mol. The molecule has 0 saturated carbocycles. The normalized spacial score (nSPS) is 19.0. The van der Waals surface area contributed by atoms with Crippen molar-refractivity contribution in [2.45, 2.75) is 32.4 Å². The average molecular weight is 428 g/mol. The molecular formula is C21H31F3N4O2. The van der Waals surface area contributed by atoms with Gasteiger partial charge in [0.25, 0.3) is 0 Å². The Balaban J connectivity index is 1.57. The molecular weight excluding hydrogens is 397 g/mol. The molecule has 2 aliphatic rings. The van der Waals surface area contributed by atoms with Gasteiger partial charge in [0.2, 0.25) is 0 Å². The molecule has 30 heavy (non-hydrogen) atoms. The number of hydrogen-bond donors (Lipinski definition) is 2. The quantitative estimate of drug-likeness (QED) is 0.724. The van der Waals surface area contributed by atoms with Gasteiger partial charge in [-0.2, -0.15) is 13.2 Å². The largest absolute Gasteiger partial charge is 0.418 e. The molecule has 0 radical (unpaired) electrons. The third-order valence-electron chi connectivity index (χ3n) is 5.73. The van der Waals surface area contributed by atoms with Gasteiger partial charge in [0.1, 0.15) is 0 Å². The maximum atomic E-state index is 13.6. The highest BCUT2D eigenvalue weighted by atomic mass is 19.4. The van der Waals surface area contributed by atoms with Gasteiger partial charge in [-0.3, -0.25) is 0 Å². The van der Waals surface area contributed by atoms with Gasteiger partial charge >= 0.3 is 12.2 Å². The van der Waals surface area contributed by atoms with E-state index in [4.69, 9.17) is 4.74 Å². The summed E-state index contributed by atoms with van der Waals surface area (Å²) in [7, 11) is 0. The van der Waals surface area contributed by atoms with Gasteiger partial charge in [0.05, 0.1) is 24.5 Å². The van der Waals surface area contributed by atoms with Gasteiger partial charge in [-0.25, -0.2) is 4.79 Å². The first-order valence-corrected chi connectivity index (χ1v) is 10.7. The molecule has 0 aromatic heterocycles. The Kier molecular flexibility index (Phi) is 7.82. The van der Waals surface area contributed by atoms with Crippen LogP contribution in [0.3, 0.4) is 0 Å². The number of halogens is 3. The van der Waals surface area contributed by atoms with Crippen molar-refractivity contribution in [1.82, 2.24) is 10.2 Å². The number of piperidine rings is 1. The number of likely N-dealkylation sites (tertiary alicyclic amines) is 1. The Hall–Kier alpha value is -2.00. The molecule has 6 nitrogen and oxygen atoms in total. The molecule has 0 unspecified atom stereocenters. The van der Waals surface area contributed by atoms with Crippen LogP contribution in [0.25, 0.3) is 0 Å². The lowest BCUT2D eigenvalue weighted by Gasteiger charge is -2.31. The highest BCUT2D eigenvalue weighted by molar-refractivity contribution is 5.90.